The van der Waals surface area contributed by atoms with E-state index in [9.17, 15) is 9.18 Å². The van der Waals surface area contributed by atoms with Gasteiger partial charge in [0.15, 0.2) is 0 Å². The molecule has 164 valence electrons. The van der Waals surface area contributed by atoms with Crippen LogP contribution < -0.4 is 21.3 Å². The third-order valence-electron chi connectivity index (χ3n) is 4.96. The molecule has 0 aliphatic carbocycles. The first-order valence-corrected chi connectivity index (χ1v) is 10.2. The van der Waals surface area contributed by atoms with Gasteiger partial charge >= 0.3 is 0 Å². The fraction of sp³-hybridized carbons (Fsp3) is 0.476. The molecule has 7 nitrogen and oxygen atoms in total. The Morgan fingerprint density at radius 2 is 2.13 bits per heavy atom. The number of piperidine rings is 1. The highest BCUT2D eigenvalue weighted by Crippen LogP contribution is 2.24. The molecule has 1 aromatic heterocycles. The zero-order valence-electron chi connectivity index (χ0n) is 17.4. The van der Waals surface area contributed by atoms with Crippen molar-refractivity contribution in [1.82, 2.24) is 15.3 Å². The Morgan fingerprint density at radius 1 is 1.33 bits per heavy atom. The number of aromatic nitrogens is 2. The van der Waals surface area contributed by atoms with E-state index in [2.05, 4.69) is 32.4 Å². The molecule has 9 heteroatoms. The van der Waals surface area contributed by atoms with Crippen molar-refractivity contribution in [2.24, 2.45) is 0 Å². The maximum atomic E-state index is 13.5. The van der Waals surface area contributed by atoms with Gasteiger partial charge in [-0.1, -0.05) is 13.3 Å². The molecule has 1 aliphatic heterocycles. The number of unbranched alkanes of at least 4 members (excludes halogenated alkanes) is 1. The highest BCUT2D eigenvalue weighted by molar-refractivity contribution is 5.85. The molecule has 1 atom stereocenters. The van der Waals surface area contributed by atoms with Crippen LogP contribution in [0.4, 0.5) is 27.5 Å². The van der Waals surface area contributed by atoms with E-state index in [0.717, 1.165) is 50.2 Å². The number of nitrogens with zero attached hydrogens (tertiary/aromatic N) is 3. The summed E-state index contributed by atoms with van der Waals surface area (Å²) in [5.74, 6) is 0.825. The predicted octanol–water partition coefficient (Wildman–Crippen LogP) is 3.81. The van der Waals surface area contributed by atoms with Gasteiger partial charge < -0.3 is 21.3 Å². The second kappa shape index (κ2) is 11.0. The minimum Gasteiger partial charge on any atom is -0.396 e. The number of nitrogens with one attached hydrogen (secondary N) is 2. The topological polar surface area (TPSA) is 96.2 Å². The second-order valence-electron chi connectivity index (χ2n) is 7.49. The van der Waals surface area contributed by atoms with Crippen molar-refractivity contribution >= 4 is 41.5 Å². The summed E-state index contributed by atoms with van der Waals surface area (Å²) in [5.41, 5.74) is 7.34. The van der Waals surface area contributed by atoms with Crippen LogP contribution in [-0.4, -0.2) is 35.0 Å². The number of carbonyl (C=O) groups is 1. The fourth-order valence-electron chi connectivity index (χ4n) is 3.53. The molecule has 0 bridgehead atoms. The Kier molecular flexibility index (Phi) is 8.65. The van der Waals surface area contributed by atoms with Crippen LogP contribution in [-0.2, 0) is 11.2 Å². The van der Waals surface area contributed by atoms with Gasteiger partial charge in [-0.3, -0.25) is 4.79 Å². The minimum atomic E-state index is -0.453. The first kappa shape index (κ1) is 23.7. The Morgan fingerprint density at radius 3 is 2.83 bits per heavy atom. The number of amides is 1. The molecule has 1 aliphatic rings. The number of halogens is 2. The highest BCUT2D eigenvalue weighted by atomic mass is 35.5. The normalized spacial score (nSPS) is 16.0. The number of rotatable bonds is 7. The van der Waals surface area contributed by atoms with Gasteiger partial charge in [0.25, 0.3) is 0 Å². The van der Waals surface area contributed by atoms with Crippen LogP contribution in [0.3, 0.4) is 0 Å². The average Bonchev–Trinajstić information content (AvgIpc) is 2.69. The van der Waals surface area contributed by atoms with E-state index < -0.39 is 5.82 Å². The first-order chi connectivity index (χ1) is 13.9. The second-order valence-corrected chi connectivity index (χ2v) is 7.49. The Bertz CT molecular complexity index is 865. The van der Waals surface area contributed by atoms with Crippen molar-refractivity contribution in [1.29, 1.82) is 0 Å². The first-order valence-electron chi connectivity index (χ1n) is 10.2. The third kappa shape index (κ3) is 6.45. The van der Waals surface area contributed by atoms with E-state index in [4.69, 9.17) is 5.73 Å². The molecule has 0 radical (unpaired) electrons. The summed E-state index contributed by atoms with van der Waals surface area (Å²) in [6.45, 7) is 5.28. The predicted molar refractivity (Wildman–Crippen MR) is 121 cm³/mol. The molecule has 3 rings (SSSR count). The lowest BCUT2D eigenvalue weighted by Crippen LogP contribution is -2.47. The minimum absolute atomic E-state index is 0. The summed E-state index contributed by atoms with van der Waals surface area (Å²) >= 11 is 0. The maximum absolute atomic E-state index is 13.5. The molecule has 1 fully saturated rings. The van der Waals surface area contributed by atoms with Gasteiger partial charge in [0.1, 0.15) is 11.6 Å². The number of benzene rings is 1. The van der Waals surface area contributed by atoms with Gasteiger partial charge in [-0.2, -0.15) is 4.98 Å². The van der Waals surface area contributed by atoms with Crippen molar-refractivity contribution in [3.8, 4) is 0 Å². The monoisotopic (exact) mass is 436 g/mol. The number of hydrogen-bond acceptors (Lipinski definition) is 6. The van der Waals surface area contributed by atoms with Crippen LogP contribution >= 0.6 is 12.4 Å². The largest absolute Gasteiger partial charge is 0.396 e. The van der Waals surface area contributed by atoms with Gasteiger partial charge in [0, 0.05) is 43.5 Å². The van der Waals surface area contributed by atoms with E-state index in [1.54, 1.807) is 13.0 Å². The van der Waals surface area contributed by atoms with E-state index in [1.165, 1.54) is 12.1 Å². The molecule has 0 unspecified atom stereocenters. The van der Waals surface area contributed by atoms with Gasteiger partial charge in [-0.15, -0.1) is 12.4 Å². The van der Waals surface area contributed by atoms with Crippen LogP contribution in [0.15, 0.2) is 24.3 Å². The number of nitrogens with two attached hydrogens (primary N) is 1. The van der Waals surface area contributed by atoms with Gasteiger partial charge in [0.2, 0.25) is 11.9 Å². The summed E-state index contributed by atoms with van der Waals surface area (Å²) in [5, 5.41) is 6.15. The van der Waals surface area contributed by atoms with Crippen LogP contribution in [0.2, 0.25) is 0 Å². The summed E-state index contributed by atoms with van der Waals surface area (Å²) in [4.78, 5) is 22.9. The van der Waals surface area contributed by atoms with Gasteiger partial charge in [-0.05, 0) is 43.9 Å². The zero-order chi connectivity index (χ0) is 20.8. The molecule has 2 heterocycles. The molecular formula is C21H30ClFN6O. The van der Waals surface area contributed by atoms with E-state index in [0.29, 0.717) is 18.2 Å². The molecule has 4 N–H and O–H groups in total. The number of carbonyl (C=O) groups excluding carboxylic acids is 1. The van der Waals surface area contributed by atoms with Crippen LogP contribution in [0.25, 0.3) is 0 Å². The van der Waals surface area contributed by atoms with Crippen molar-refractivity contribution in [3.05, 3.63) is 35.8 Å². The molecule has 1 aromatic carbocycles. The highest BCUT2D eigenvalue weighted by Gasteiger charge is 2.22. The quantitative estimate of drug-likeness (QED) is 0.571. The lowest BCUT2D eigenvalue weighted by Gasteiger charge is -2.34. The van der Waals surface area contributed by atoms with Crippen molar-refractivity contribution in [2.75, 3.05) is 29.0 Å². The van der Waals surface area contributed by atoms with Crippen molar-refractivity contribution < 1.29 is 9.18 Å². The third-order valence-corrected chi connectivity index (χ3v) is 4.96. The summed E-state index contributed by atoms with van der Waals surface area (Å²) in [7, 11) is 0. The number of hydrogen-bond donors (Lipinski definition) is 3. The fourth-order valence-corrected chi connectivity index (χ4v) is 3.53. The smallest absolute Gasteiger partial charge is 0.229 e. The standard InChI is InChI=1S/C21H29FN6O.ClH/c1-3-4-6-15-12-20(28-10-5-7-17(13-28)24-14(2)29)27-21(25-15)26-16-8-9-18(22)19(23)11-16;/h8-9,11-12,17H,3-7,10,13,23H2,1-2H3,(H,24,29)(H,25,26,27);1H/t17-;/m1./s1. The molecule has 30 heavy (non-hydrogen) atoms. The van der Waals surface area contributed by atoms with Crippen LogP contribution in [0, 0.1) is 5.82 Å². The van der Waals surface area contributed by atoms with E-state index in [-0.39, 0.29) is 30.0 Å². The molecule has 2 aromatic rings. The van der Waals surface area contributed by atoms with Crippen molar-refractivity contribution in [2.45, 2.75) is 52.0 Å². The van der Waals surface area contributed by atoms with Crippen molar-refractivity contribution in [3.63, 3.8) is 0 Å². The lowest BCUT2D eigenvalue weighted by atomic mass is 10.1. The lowest BCUT2D eigenvalue weighted by molar-refractivity contribution is -0.119. The van der Waals surface area contributed by atoms with Crippen LogP contribution in [0.1, 0.15) is 45.2 Å². The number of nitrogen functional groups attached to an aromatic ring is 1. The summed E-state index contributed by atoms with van der Waals surface area (Å²) < 4.78 is 13.5. The number of anilines is 4. The molecular weight excluding hydrogens is 407 g/mol. The molecule has 1 saturated heterocycles. The van der Waals surface area contributed by atoms with Crippen LogP contribution in [0.5, 0.6) is 0 Å². The maximum Gasteiger partial charge on any atom is 0.229 e. The Balaban J connectivity index is 0.00000320. The van der Waals surface area contributed by atoms with E-state index in [1.807, 2.05) is 6.07 Å². The van der Waals surface area contributed by atoms with Gasteiger partial charge in [0.05, 0.1) is 5.69 Å². The Hall–Kier alpha value is -2.61. The van der Waals surface area contributed by atoms with E-state index >= 15 is 0 Å². The number of aryl methyl sites for hydroxylation is 1. The average molecular weight is 437 g/mol. The molecule has 1 amide bonds. The summed E-state index contributed by atoms with van der Waals surface area (Å²) in [6.07, 6.45) is 4.91. The molecule has 0 spiro atoms. The Labute approximate surface area is 183 Å². The van der Waals surface area contributed by atoms with Gasteiger partial charge in [-0.25, -0.2) is 9.37 Å². The zero-order valence-corrected chi connectivity index (χ0v) is 18.3. The molecule has 0 saturated carbocycles. The SMILES string of the molecule is CCCCc1cc(N2CCC[C@@H](NC(C)=O)C2)nc(Nc2ccc(F)c(N)c2)n1.Cl. The summed E-state index contributed by atoms with van der Waals surface area (Å²) in [6, 6.07) is 6.60.